The molecular weight excluding hydrogens is 342 g/mol. The van der Waals surface area contributed by atoms with Crippen molar-refractivity contribution >= 4 is 17.7 Å². The third kappa shape index (κ3) is 6.05. The minimum Gasteiger partial charge on any atom is -0.444 e. The molecule has 5 nitrogen and oxygen atoms in total. The molecule has 27 heavy (non-hydrogen) atoms. The van der Waals surface area contributed by atoms with E-state index in [4.69, 9.17) is 4.74 Å². The first kappa shape index (κ1) is 23.6. The molecule has 1 aliphatic carbocycles. The van der Waals surface area contributed by atoms with Crippen LogP contribution in [0, 0.1) is 28.6 Å². The van der Waals surface area contributed by atoms with Crippen molar-refractivity contribution in [2.24, 2.45) is 28.6 Å². The molecule has 0 aromatic rings. The Hall–Kier alpha value is -1.39. The number of Topliss-reactive ketones (excluding diaryl/α,β-unsaturated/α-hetero) is 2. The van der Waals surface area contributed by atoms with Crippen LogP contribution in [0.1, 0.15) is 82.1 Å². The standard InChI is InChI=1S/C22H39NO4/c1-11-15-17(22(15,9)10)14(13(2)24)12-16(25)18(20(3,4)5)23-19(26)27-21(6,7)8/h14-15,17-18H,11-12H2,1-10H3,(H,23,26)/t14-,15?,17?,18?/m1/s1. The molecule has 3 unspecified atom stereocenters. The molecule has 4 atom stereocenters. The zero-order valence-corrected chi connectivity index (χ0v) is 18.9. The van der Waals surface area contributed by atoms with Gasteiger partial charge in [0.25, 0.3) is 0 Å². The molecule has 0 saturated heterocycles. The van der Waals surface area contributed by atoms with Crippen LogP contribution in [0.15, 0.2) is 0 Å². The maximum atomic E-state index is 13.1. The van der Waals surface area contributed by atoms with E-state index in [0.29, 0.717) is 5.92 Å². The average Bonchev–Trinajstić information content (AvgIpc) is 2.99. The Kier molecular flexibility index (Phi) is 6.94. The predicted octanol–water partition coefficient (Wildman–Crippen LogP) is 4.77. The van der Waals surface area contributed by atoms with Crippen molar-refractivity contribution in [3.63, 3.8) is 0 Å². The lowest BCUT2D eigenvalue weighted by Crippen LogP contribution is -2.51. The molecule has 1 rings (SSSR count). The molecule has 0 aromatic heterocycles. The minimum absolute atomic E-state index is 0.0577. The summed E-state index contributed by atoms with van der Waals surface area (Å²) in [5.41, 5.74) is -1.02. The average molecular weight is 382 g/mol. The number of alkyl carbamates (subject to hydrolysis) is 1. The van der Waals surface area contributed by atoms with E-state index in [0.717, 1.165) is 6.42 Å². The molecule has 0 bridgehead atoms. The fourth-order valence-corrected chi connectivity index (χ4v) is 4.43. The van der Waals surface area contributed by atoms with Gasteiger partial charge >= 0.3 is 6.09 Å². The van der Waals surface area contributed by atoms with Crippen molar-refractivity contribution in [3.05, 3.63) is 0 Å². The number of ketones is 2. The van der Waals surface area contributed by atoms with Gasteiger partial charge in [-0.2, -0.15) is 0 Å². The molecule has 1 amide bonds. The SMILES string of the molecule is CCC1C([C@H](CC(=O)C(NC(=O)OC(C)(C)C)C(C)(C)C)C(C)=O)C1(C)C. The normalized spacial score (nSPS) is 23.9. The Morgan fingerprint density at radius 3 is 1.93 bits per heavy atom. The second-order valence-electron chi connectivity index (χ2n) is 10.7. The lowest BCUT2D eigenvalue weighted by Gasteiger charge is -2.32. The number of hydrogen-bond donors (Lipinski definition) is 1. The quantitative estimate of drug-likeness (QED) is 0.689. The lowest BCUT2D eigenvalue weighted by molar-refractivity contribution is -0.130. The van der Waals surface area contributed by atoms with Gasteiger partial charge in [0.1, 0.15) is 11.4 Å². The first-order valence-corrected chi connectivity index (χ1v) is 10.0. The van der Waals surface area contributed by atoms with Crippen molar-refractivity contribution in [1.29, 1.82) is 0 Å². The van der Waals surface area contributed by atoms with Gasteiger partial charge in [0.15, 0.2) is 5.78 Å². The van der Waals surface area contributed by atoms with Gasteiger partial charge in [0, 0.05) is 12.3 Å². The molecule has 0 spiro atoms. The Morgan fingerprint density at radius 2 is 1.59 bits per heavy atom. The van der Waals surface area contributed by atoms with E-state index in [-0.39, 0.29) is 35.2 Å². The second-order valence-corrected chi connectivity index (χ2v) is 10.7. The molecule has 156 valence electrons. The number of hydrogen-bond acceptors (Lipinski definition) is 4. The molecule has 0 aliphatic heterocycles. The Balaban J connectivity index is 2.95. The third-order valence-electron chi connectivity index (χ3n) is 5.80. The van der Waals surface area contributed by atoms with Crippen LogP contribution < -0.4 is 5.32 Å². The molecule has 1 aliphatic rings. The summed E-state index contributed by atoms with van der Waals surface area (Å²) < 4.78 is 5.32. The lowest BCUT2D eigenvalue weighted by atomic mass is 9.79. The van der Waals surface area contributed by atoms with Crippen molar-refractivity contribution in [3.8, 4) is 0 Å². The smallest absolute Gasteiger partial charge is 0.408 e. The zero-order chi connectivity index (χ0) is 21.4. The second kappa shape index (κ2) is 7.92. The number of nitrogens with one attached hydrogen (secondary N) is 1. The summed E-state index contributed by atoms with van der Waals surface area (Å²) >= 11 is 0. The van der Waals surface area contributed by atoms with Gasteiger partial charge in [-0.3, -0.25) is 9.59 Å². The van der Waals surface area contributed by atoms with Gasteiger partial charge in [-0.15, -0.1) is 0 Å². The highest BCUT2D eigenvalue weighted by molar-refractivity contribution is 5.92. The topological polar surface area (TPSA) is 72.5 Å². The third-order valence-corrected chi connectivity index (χ3v) is 5.80. The van der Waals surface area contributed by atoms with Crippen molar-refractivity contribution < 1.29 is 19.1 Å². The monoisotopic (exact) mass is 381 g/mol. The molecule has 1 fully saturated rings. The summed E-state index contributed by atoms with van der Waals surface area (Å²) in [7, 11) is 0. The molecule has 0 aromatic carbocycles. The van der Waals surface area contributed by atoms with E-state index in [2.05, 4.69) is 26.1 Å². The van der Waals surface area contributed by atoms with Gasteiger partial charge in [0.2, 0.25) is 0 Å². The van der Waals surface area contributed by atoms with Crippen molar-refractivity contribution in [2.45, 2.75) is 93.7 Å². The highest BCUT2D eigenvalue weighted by Gasteiger charge is 2.60. The van der Waals surface area contributed by atoms with E-state index in [1.54, 1.807) is 27.7 Å². The van der Waals surface area contributed by atoms with E-state index in [9.17, 15) is 14.4 Å². The fourth-order valence-electron chi connectivity index (χ4n) is 4.43. The molecule has 1 saturated carbocycles. The van der Waals surface area contributed by atoms with Gasteiger partial charge < -0.3 is 10.1 Å². The van der Waals surface area contributed by atoms with Gasteiger partial charge in [-0.25, -0.2) is 4.79 Å². The predicted molar refractivity (Wildman–Crippen MR) is 107 cm³/mol. The van der Waals surface area contributed by atoms with E-state index in [1.165, 1.54) is 0 Å². The Morgan fingerprint density at radius 1 is 1.07 bits per heavy atom. The van der Waals surface area contributed by atoms with Crippen LogP contribution in [-0.4, -0.2) is 29.3 Å². The molecule has 0 radical (unpaired) electrons. The van der Waals surface area contributed by atoms with Gasteiger partial charge in [-0.05, 0) is 50.4 Å². The number of carbonyl (C=O) groups is 3. The highest BCUT2D eigenvalue weighted by atomic mass is 16.6. The minimum atomic E-state index is -0.698. The number of rotatable bonds is 7. The summed E-state index contributed by atoms with van der Waals surface area (Å²) in [5.74, 6) is 0.355. The van der Waals surface area contributed by atoms with Crippen LogP contribution in [-0.2, 0) is 14.3 Å². The number of carbonyl (C=O) groups excluding carboxylic acids is 3. The first-order valence-electron chi connectivity index (χ1n) is 10.0. The van der Waals surface area contributed by atoms with Crippen LogP contribution in [0.3, 0.4) is 0 Å². The van der Waals surface area contributed by atoms with Crippen molar-refractivity contribution in [2.75, 3.05) is 0 Å². The van der Waals surface area contributed by atoms with Gasteiger partial charge in [0.05, 0.1) is 6.04 Å². The summed E-state index contributed by atoms with van der Waals surface area (Å²) in [6.45, 7) is 19.1. The van der Waals surface area contributed by atoms with Crippen LogP contribution in [0.4, 0.5) is 4.79 Å². The highest BCUT2D eigenvalue weighted by Crippen LogP contribution is 2.64. The van der Waals surface area contributed by atoms with Crippen LogP contribution in [0.2, 0.25) is 0 Å². The van der Waals surface area contributed by atoms with E-state index >= 15 is 0 Å². The van der Waals surface area contributed by atoms with Crippen LogP contribution >= 0.6 is 0 Å². The maximum Gasteiger partial charge on any atom is 0.408 e. The summed E-state index contributed by atoms with van der Waals surface area (Å²) in [6.07, 6.45) is 0.569. The summed E-state index contributed by atoms with van der Waals surface area (Å²) in [6, 6.07) is -0.698. The van der Waals surface area contributed by atoms with Crippen LogP contribution in [0.25, 0.3) is 0 Å². The largest absolute Gasteiger partial charge is 0.444 e. The van der Waals surface area contributed by atoms with E-state index in [1.807, 2.05) is 20.8 Å². The Bertz CT molecular complexity index is 580. The molecule has 5 heteroatoms. The van der Waals surface area contributed by atoms with E-state index < -0.39 is 23.2 Å². The first-order chi connectivity index (χ1) is 12.0. The maximum absolute atomic E-state index is 13.1. The molecule has 1 N–H and O–H groups in total. The number of ether oxygens (including phenoxy) is 1. The van der Waals surface area contributed by atoms with Gasteiger partial charge in [-0.1, -0.05) is 48.0 Å². The van der Waals surface area contributed by atoms with Crippen LogP contribution in [0.5, 0.6) is 0 Å². The number of amides is 1. The fraction of sp³-hybridized carbons (Fsp3) is 0.864. The molecule has 0 heterocycles. The zero-order valence-electron chi connectivity index (χ0n) is 18.9. The summed E-state index contributed by atoms with van der Waals surface area (Å²) in [4.78, 5) is 37.7. The molecular formula is C22H39NO4. The van der Waals surface area contributed by atoms with Crippen molar-refractivity contribution in [1.82, 2.24) is 5.32 Å². The Labute approximate surface area is 165 Å². The summed E-state index contributed by atoms with van der Waals surface area (Å²) in [5, 5.41) is 2.74.